The van der Waals surface area contributed by atoms with Gasteiger partial charge in [-0.25, -0.2) is 0 Å². The molecule has 1 saturated heterocycles. The van der Waals surface area contributed by atoms with E-state index in [0.717, 1.165) is 0 Å². The van der Waals surface area contributed by atoms with Crippen LogP contribution in [0, 0.1) is 0 Å². The molecule has 4 rings (SSSR count). The van der Waals surface area contributed by atoms with E-state index >= 15 is 0 Å². The maximum atomic E-state index is 13.8. The summed E-state index contributed by atoms with van der Waals surface area (Å²) >= 11 is 3.10. The number of ether oxygens (including phenoxy) is 1. The van der Waals surface area contributed by atoms with Crippen molar-refractivity contribution in [3.05, 3.63) is 108 Å². The molecule has 0 saturated carbocycles. The number of hydrogen-bond acceptors (Lipinski definition) is 7. The largest absolute Gasteiger partial charge is 0.394 e. The Bertz CT molecular complexity index is 1220. The Morgan fingerprint density at radius 2 is 1.09 bits per heavy atom. The van der Waals surface area contributed by atoms with Crippen molar-refractivity contribution in [3.8, 4) is 0 Å². The summed E-state index contributed by atoms with van der Waals surface area (Å²) in [6, 6.07) is 22.6. The van der Waals surface area contributed by atoms with Crippen LogP contribution in [-0.2, 0) is 4.74 Å². The fraction of sp³-hybridized carbons (Fsp3) is 0.192. The molecule has 1 aliphatic rings. The molecule has 0 radical (unpaired) electrons. The van der Waals surface area contributed by atoms with E-state index < -0.39 is 45.8 Å². The van der Waals surface area contributed by atoms with Crippen LogP contribution < -0.4 is 0 Å². The monoisotopic (exact) mass is 524 g/mol. The highest BCUT2D eigenvalue weighted by Crippen LogP contribution is 2.54. The van der Waals surface area contributed by atoms with Crippen molar-refractivity contribution in [1.82, 2.24) is 0 Å². The van der Waals surface area contributed by atoms with Crippen LogP contribution in [-0.4, -0.2) is 61.1 Å². The maximum Gasteiger partial charge on any atom is 0.225 e. The molecule has 0 bridgehead atoms. The molecule has 0 amide bonds. The molecule has 8 heteroatoms. The SMILES string of the molecule is O=C(c1ccccc1)C1(Br)O[C@H](CO)[C@](O)(C(=O)c2ccccc2)[C@]1(O)C(=O)c1ccccc1. The number of rotatable bonds is 7. The van der Waals surface area contributed by atoms with E-state index in [0.29, 0.717) is 0 Å². The van der Waals surface area contributed by atoms with E-state index in [1.165, 1.54) is 60.7 Å². The van der Waals surface area contributed by atoms with Gasteiger partial charge in [-0.3, -0.25) is 14.4 Å². The van der Waals surface area contributed by atoms with Crippen LogP contribution in [0.25, 0.3) is 0 Å². The molecule has 4 atom stereocenters. The van der Waals surface area contributed by atoms with Crippen molar-refractivity contribution in [2.75, 3.05) is 6.61 Å². The molecular weight excluding hydrogens is 504 g/mol. The van der Waals surface area contributed by atoms with Gasteiger partial charge in [-0.05, 0) is 15.9 Å². The number of aliphatic hydroxyl groups excluding tert-OH is 1. The van der Waals surface area contributed by atoms with Gasteiger partial charge < -0.3 is 20.1 Å². The van der Waals surface area contributed by atoms with Crippen LogP contribution in [0.3, 0.4) is 0 Å². The first-order valence-corrected chi connectivity index (χ1v) is 11.2. The third kappa shape index (κ3) is 3.38. The number of alkyl halides is 1. The summed E-state index contributed by atoms with van der Waals surface area (Å²) in [5.74, 6) is -3.12. The molecular formula is C26H21BrO7. The van der Waals surface area contributed by atoms with Gasteiger partial charge in [0.05, 0.1) is 6.61 Å². The second-order valence-corrected chi connectivity index (χ2v) is 9.06. The highest BCUT2D eigenvalue weighted by Gasteiger charge is 2.81. The van der Waals surface area contributed by atoms with Crippen molar-refractivity contribution >= 4 is 33.3 Å². The highest BCUT2D eigenvalue weighted by molar-refractivity contribution is 9.10. The lowest BCUT2D eigenvalue weighted by molar-refractivity contribution is -0.0966. The molecule has 0 spiro atoms. The number of aliphatic hydroxyl groups is 3. The molecule has 34 heavy (non-hydrogen) atoms. The number of Topliss-reactive ketones (excluding diaryl/α,β-unsaturated/α-hetero) is 3. The molecule has 0 aromatic heterocycles. The zero-order valence-electron chi connectivity index (χ0n) is 17.8. The number of hydrogen-bond donors (Lipinski definition) is 3. The second-order valence-electron chi connectivity index (χ2n) is 7.95. The summed E-state index contributed by atoms with van der Waals surface area (Å²) in [4.78, 5) is 41.1. The first kappa shape index (κ1) is 24.1. The third-order valence-corrected chi connectivity index (χ3v) is 7.15. The lowest BCUT2D eigenvalue weighted by Crippen LogP contribution is -2.71. The third-order valence-electron chi connectivity index (χ3n) is 6.03. The van der Waals surface area contributed by atoms with Crippen molar-refractivity contribution in [2.24, 2.45) is 0 Å². The second kappa shape index (κ2) is 8.98. The van der Waals surface area contributed by atoms with Crippen LogP contribution >= 0.6 is 15.9 Å². The van der Waals surface area contributed by atoms with Gasteiger partial charge >= 0.3 is 0 Å². The predicted octanol–water partition coefficient (Wildman–Crippen LogP) is 2.58. The number of benzene rings is 3. The highest BCUT2D eigenvalue weighted by atomic mass is 79.9. The minimum absolute atomic E-state index is 0.0461. The van der Waals surface area contributed by atoms with Gasteiger partial charge in [-0.1, -0.05) is 91.0 Å². The van der Waals surface area contributed by atoms with E-state index in [4.69, 9.17) is 4.74 Å². The Morgan fingerprint density at radius 3 is 1.50 bits per heavy atom. The summed E-state index contributed by atoms with van der Waals surface area (Å²) in [5, 5.41) is 34.0. The van der Waals surface area contributed by atoms with Crippen LogP contribution in [0.2, 0.25) is 0 Å². The molecule has 1 heterocycles. The average Bonchev–Trinajstić information content (AvgIpc) is 3.08. The minimum Gasteiger partial charge on any atom is -0.394 e. The number of halogens is 1. The first-order chi connectivity index (χ1) is 16.2. The van der Waals surface area contributed by atoms with Gasteiger partial charge in [0.1, 0.15) is 6.10 Å². The maximum absolute atomic E-state index is 13.8. The topological polar surface area (TPSA) is 121 Å². The lowest BCUT2D eigenvalue weighted by Gasteiger charge is -2.40. The summed E-state index contributed by atoms with van der Waals surface area (Å²) in [6.45, 7) is -0.963. The van der Waals surface area contributed by atoms with Gasteiger partial charge in [-0.15, -0.1) is 0 Å². The van der Waals surface area contributed by atoms with Gasteiger partial charge in [0.25, 0.3) is 0 Å². The van der Waals surface area contributed by atoms with Crippen molar-refractivity contribution in [2.45, 2.75) is 21.8 Å². The summed E-state index contributed by atoms with van der Waals surface area (Å²) < 4.78 is 3.11. The Morgan fingerprint density at radius 1 is 0.706 bits per heavy atom. The lowest BCUT2D eigenvalue weighted by atomic mass is 9.68. The zero-order chi connectivity index (χ0) is 24.6. The molecule has 7 nitrogen and oxygen atoms in total. The van der Waals surface area contributed by atoms with Crippen LogP contribution in [0.15, 0.2) is 91.0 Å². The van der Waals surface area contributed by atoms with Gasteiger partial charge in [0, 0.05) is 16.7 Å². The van der Waals surface area contributed by atoms with Crippen molar-refractivity contribution < 1.29 is 34.4 Å². The fourth-order valence-corrected chi connectivity index (χ4v) is 5.18. The van der Waals surface area contributed by atoms with Gasteiger partial charge in [0.15, 0.2) is 5.60 Å². The molecule has 1 fully saturated rings. The minimum atomic E-state index is -3.16. The molecule has 174 valence electrons. The number of ketones is 3. The summed E-state index contributed by atoms with van der Waals surface area (Å²) in [5.41, 5.74) is -6.25. The number of carbonyl (C=O) groups excluding carboxylic acids is 3. The van der Waals surface area contributed by atoms with E-state index in [1.807, 2.05) is 0 Å². The van der Waals surface area contributed by atoms with Crippen molar-refractivity contribution in [1.29, 1.82) is 0 Å². The van der Waals surface area contributed by atoms with E-state index in [-0.39, 0.29) is 16.7 Å². The normalized spacial score (nSPS) is 28.4. The molecule has 1 unspecified atom stereocenters. The molecule has 3 N–H and O–H groups in total. The molecule has 1 aliphatic heterocycles. The Kier molecular flexibility index (Phi) is 6.37. The Hall–Kier alpha value is -3.01. The van der Waals surface area contributed by atoms with Crippen LogP contribution in [0.4, 0.5) is 0 Å². The average molecular weight is 525 g/mol. The number of carbonyl (C=O) groups is 3. The summed E-state index contributed by atoms with van der Waals surface area (Å²) in [6.07, 6.45) is -1.81. The standard InChI is InChI=1S/C26H21BrO7/c27-26(23(31)19-14-8-3-9-15-19)25(33,22(30)18-12-6-2-7-13-18)24(32,20(16-28)34-26)21(29)17-10-4-1-5-11-17/h1-15,20,28,32-33H,16H2/t20-,24+,25-,26?/m1/s1. The van der Waals surface area contributed by atoms with Crippen molar-refractivity contribution in [3.63, 3.8) is 0 Å². The fourth-order valence-electron chi connectivity index (χ4n) is 4.24. The Labute approximate surface area is 203 Å². The van der Waals surface area contributed by atoms with E-state index in [9.17, 15) is 29.7 Å². The predicted molar refractivity (Wildman–Crippen MR) is 126 cm³/mol. The first-order valence-electron chi connectivity index (χ1n) is 10.4. The van der Waals surface area contributed by atoms with Gasteiger partial charge in [0.2, 0.25) is 27.5 Å². The van der Waals surface area contributed by atoms with Gasteiger partial charge in [-0.2, -0.15) is 0 Å². The van der Waals surface area contributed by atoms with Crippen LogP contribution in [0.5, 0.6) is 0 Å². The zero-order valence-corrected chi connectivity index (χ0v) is 19.4. The molecule has 0 aliphatic carbocycles. The molecule has 3 aromatic carbocycles. The van der Waals surface area contributed by atoms with Crippen LogP contribution in [0.1, 0.15) is 31.1 Å². The smallest absolute Gasteiger partial charge is 0.225 e. The van der Waals surface area contributed by atoms with E-state index in [2.05, 4.69) is 15.9 Å². The summed E-state index contributed by atoms with van der Waals surface area (Å²) in [7, 11) is 0. The van der Waals surface area contributed by atoms with E-state index in [1.54, 1.807) is 30.3 Å². The Balaban J connectivity index is 1.98. The molecule has 3 aromatic rings. The quantitative estimate of drug-likeness (QED) is 0.320.